The Kier molecular flexibility index (Phi) is 9.42. The number of halogens is 1. The third-order valence-corrected chi connectivity index (χ3v) is 6.27. The number of carbonyl (C=O) groups is 1. The number of carbonyl (C=O) groups excluding carboxylic acids is 1. The molecule has 1 amide bonds. The quantitative estimate of drug-likeness (QED) is 0.365. The minimum absolute atomic E-state index is 0. The Morgan fingerprint density at radius 3 is 2.61 bits per heavy atom. The van der Waals surface area contributed by atoms with Gasteiger partial charge in [-0.25, -0.2) is 4.98 Å². The van der Waals surface area contributed by atoms with Gasteiger partial charge in [-0.3, -0.25) is 9.79 Å². The molecule has 0 radical (unpaired) electrons. The summed E-state index contributed by atoms with van der Waals surface area (Å²) in [6.07, 6.45) is 3.53. The van der Waals surface area contributed by atoms with Crippen LogP contribution in [0.15, 0.2) is 4.99 Å². The number of aryl methyl sites for hydroxylation is 2. The van der Waals surface area contributed by atoms with E-state index in [0.29, 0.717) is 6.61 Å². The van der Waals surface area contributed by atoms with Crippen LogP contribution in [0, 0.1) is 6.92 Å². The summed E-state index contributed by atoms with van der Waals surface area (Å²) in [4.78, 5) is 27.1. The highest BCUT2D eigenvalue weighted by Gasteiger charge is 2.30. The van der Waals surface area contributed by atoms with Gasteiger partial charge in [-0.05, 0) is 26.2 Å². The number of aromatic nitrogens is 1. The molecule has 1 N–H and O–H groups in total. The van der Waals surface area contributed by atoms with Crippen LogP contribution in [0.2, 0.25) is 0 Å². The van der Waals surface area contributed by atoms with E-state index in [0.717, 1.165) is 64.4 Å². The summed E-state index contributed by atoms with van der Waals surface area (Å²) in [5.74, 6) is 1.06. The van der Waals surface area contributed by atoms with Crippen LogP contribution in [0.5, 0.6) is 0 Å². The van der Waals surface area contributed by atoms with Crippen LogP contribution in [0.25, 0.3) is 0 Å². The Bertz CT molecular complexity index is 667. The molecule has 3 rings (SSSR count). The van der Waals surface area contributed by atoms with Gasteiger partial charge in [0, 0.05) is 57.7 Å². The van der Waals surface area contributed by atoms with Gasteiger partial charge in [0.2, 0.25) is 0 Å². The van der Waals surface area contributed by atoms with Crippen LogP contribution in [0.4, 0.5) is 0 Å². The van der Waals surface area contributed by atoms with Gasteiger partial charge in [-0.1, -0.05) is 6.92 Å². The number of thiazole rings is 1. The summed E-state index contributed by atoms with van der Waals surface area (Å²) in [5.41, 5.74) is 1.21. The molecule has 0 bridgehead atoms. The monoisotopic (exact) mass is 521 g/mol. The predicted octanol–water partition coefficient (Wildman–Crippen LogP) is 2.07. The van der Waals surface area contributed by atoms with Crippen molar-refractivity contribution in [2.24, 2.45) is 4.99 Å². The summed E-state index contributed by atoms with van der Waals surface area (Å²) < 4.78 is 5.53. The molecule has 0 spiro atoms. The van der Waals surface area contributed by atoms with Gasteiger partial charge in [0.25, 0.3) is 5.91 Å². The molecule has 1 aromatic heterocycles. The average Bonchev–Trinajstić information content (AvgIpc) is 3.34. The average molecular weight is 521 g/mol. The van der Waals surface area contributed by atoms with E-state index < -0.39 is 0 Å². The van der Waals surface area contributed by atoms with Crippen molar-refractivity contribution in [3.63, 3.8) is 0 Å². The Morgan fingerprint density at radius 2 is 2.04 bits per heavy atom. The molecule has 7 nitrogen and oxygen atoms in total. The number of amides is 1. The first-order valence-corrected chi connectivity index (χ1v) is 10.7. The van der Waals surface area contributed by atoms with Gasteiger partial charge in [0.1, 0.15) is 6.10 Å². The molecule has 2 aliphatic heterocycles. The minimum atomic E-state index is -0.219. The molecule has 2 fully saturated rings. The molecule has 0 saturated carbocycles. The van der Waals surface area contributed by atoms with E-state index in [9.17, 15) is 4.79 Å². The molecule has 9 heteroatoms. The number of hydrogen-bond donors (Lipinski definition) is 1. The van der Waals surface area contributed by atoms with Crippen molar-refractivity contribution in [2.45, 2.75) is 45.6 Å². The summed E-state index contributed by atoms with van der Waals surface area (Å²) in [6.45, 7) is 8.88. The lowest BCUT2D eigenvalue weighted by Gasteiger charge is -2.37. The number of nitrogens with zero attached hydrogens (tertiary/aromatic N) is 4. The predicted molar refractivity (Wildman–Crippen MR) is 124 cm³/mol. The maximum atomic E-state index is 12.5. The topological polar surface area (TPSA) is 70.1 Å². The second kappa shape index (κ2) is 11.3. The third kappa shape index (κ3) is 5.79. The number of guanidine groups is 1. The van der Waals surface area contributed by atoms with Gasteiger partial charge in [-0.2, -0.15) is 0 Å². The number of nitrogens with one attached hydrogen (secondary N) is 1. The molecule has 158 valence electrons. The van der Waals surface area contributed by atoms with Gasteiger partial charge in [-0.15, -0.1) is 35.3 Å². The third-order valence-electron chi connectivity index (χ3n) is 5.20. The van der Waals surface area contributed by atoms with Crippen LogP contribution in [0.1, 0.15) is 35.3 Å². The SMILES string of the molecule is CCc1nc(CCNC(=NC)N2CCN(C(=O)C3CCCO3)CC2)sc1C.I. The van der Waals surface area contributed by atoms with Crippen molar-refractivity contribution >= 4 is 47.2 Å². The zero-order valence-electron chi connectivity index (χ0n) is 17.1. The van der Waals surface area contributed by atoms with E-state index in [4.69, 9.17) is 9.72 Å². The maximum absolute atomic E-state index is 12.5. The minimum Gasteiger partial charge on any atom is -0.368 e. The van der Waals surface area contributed by atoms with Crippen molar-refractivity contribution in [3.05, 3.63) is 15.6 Å². The van der Waals surface area contributed by atoms with E-state index in [2.05, 4.69) is 29.1 Å². The van der Waals surface area contributed by atoms with Crippen LogP contribution in [-0.2, 0) is 22.4 Å². The summed E-state index contributed by atoms with van der Waals surface area (Å²) >= 11 is 1.79. The normalized spacial score (nSPS) is 20.2. The Balaban J connectivity index is 0.00000280. The standard InChI is InChI=1S/C19H31N5O2S.HI/c1-4-15-14(2)27-17(22-15)7-8-21-19(20-3)24-11-9-23(10-12-24)18(25)16-6-5-13-26-16;/h16H,4-13H2,1-3H3,(H,20,21);1H. The highest BCUT2D eigenvalue weighted by Crippen LogP contribution is 2.18. The van der Waals surface area contributed by atoms with Gasteiger partial charge < -0.3 is 19.9 Å². The molecule has 1 aromatic rings. The second-order valence-corrected chi connectivity index (χ2v) is 8.29. The fraction of sp³-hybridized carbons (Fsp3) is 0.737. The smallest absolute Gasteiger partial charge is 0.251 e. The Hall–Kier alpha value is -0.940. The van der Waals surface area contributed by atoms with Crippen LogP contribution >= 0.6 is 35.3 Å². The Labute approximate surface area is 189 Å². The number of rotatable bonds is 5. The molecule has 1 unspecified atom stereocenters. The molecule has 3 heterocycles. The number of piperazine rings is 1. The molecule has 2 aliphatic rings. The zero-order chi connectivity index (χ0) is 19.2. The fourth-order valence-corrected chi connectivity index (χ4v) is 4.67. The molecule has 28 heavy (non-hydrogen) atoms. The van der Waals surface area contributed by atoms with Crippen molar-refractivity contribution in [3.8, 4) is 0 Å². The summed E-state index contributed by atoms with van der Waals surface area (Å²) in [5, 5.41) is 4.63. The molecular weight excluding hydrogens is 489 g/mol. The van der Waals surface area contributed by atoms with Crippen molar-refractivity contribution in [1.82, 2.24) is 20.1 Å². The van der Waals surface area contributed by atoms with Gasteiger partial charge >= 0.3 is 0 Å². The first-order valence-electron chi connectivity index (χ1n) is 9.93. The molecule has 1 atom stereocenters. The van der Waals surface area contributed by atoms with Crippen LogP contribution in [-0.4, -0.2) is 79.1 Å². The number of hydrogen-bond acceptors (Lipinski definition) is 5. The van der Waals surface area contributed by atoms with E-state index in [-0.39, 0.29) is 36.0 Å². The second-order valence-electron chi connectivity index (χ2n) is 7.00. The summed E-state index contributed by atoms with van der Waals surface area (Å²) in [7, 11) is 1.81. The lowest BCUT2D eigenvalue weighted by molar-refractivity contribution is -0.142. The Morgan fingerprint density at radius 1 is 1.32 bits per heavy atom. The fourth-order valence-electron chi connectivity index (χ4n) is 3.65. The molecular formula is C19H32IN5O2S. The number of aliphatic imine (C=N–C) groups is 1. The lowest BCUT2D eigenvalue weighted by atomic mass is 10.2. The van der Waals surface area contributed by atoms with Crippen molar-refractivity contribution in [1.29, 1.82) is 0 Å². The maximum Gasteiger partial charge on any atom is 0.251 e. The van der Waals surface area contributed by atoms with Crippen LogP contribution < -0.4 is 5.32 Å². The number of ether oxygens (including phenoxy) is 1. The first-order chi connectivity index (χ1) is 13.1. The van der Waals surface area contributed by atoms with E-state index in [1.807, 2.05) is 11.9 Å². The first kappa shape index (κ1) is 23.3. The summed E-state index contributed by atoms with van der Waals surface area (Å²) in [6, 6.07) is 0. The molecule has 0 aliphatic carbocycles. The van der Waals surface area contributed by atoms with Crippen LogP contribution in [0.3, 0.4) is 0 Å². The lowest BCUT2D eigenvalue weighted by Crippen LogP contribution is -2.55. The largest absolute Gasteiger partial charge is 0.368 e. The van der Waals surface area contributed by atoms with Gasteiger partial charge in [0.05, 0.1) is 10.7 Å². The van der Waals surface area contributed by atoms with Crippen molar-refractivity contribution in [2.75, 3.05) is 46.4 Å². The molecule has 0 aromatic carbocycles. The zero-order valence-corrected chi connectivity index (χ0v) is 20.2. The van der Waals surface area contributed by atoms with E-state index >= 15 is 0 Å². The van der Waals surface area contributed by atoms with E-state index in [1.54, 1.807) is 11.3 Å². The van der Waals surface area contributed by atoms with Crippen molar-refractivity contribution < 1.29 is 9.53 Å². The van der Waals surface area contributed by atoms with E-state index in [1.165, 1.54) is 15.6 Å². The highest BCUT2D eigenvalue weighted by molar-refractivity contribution is 14.0. The van der Waals surface area contributed by atoms with Gasteiger partial charge in [0.15, 0.2) is 5.96 Å². The molecule has 2 saturated heterocycles. The highest BCUT2D eigenvalue weighted by atomic mass is 127.